The van der Waals surface area contributed by atoms with Crippen LogP contribution in [0.2, 0.25) is 5.02 Å². The Morgan fingerprint density at radius 2 is 2.29 bits per heavy atom. The van der Waals surface area contributed by atoms with E-state index in [9.17, 15) is 10.1 Å². The van der Waals surface area contributed by atoms with Crippen LogP contribution in [0.3, 0.4) is 0 Å². The molecule has 0 radical (unpaired) electrons. The van der Waals surface area contributed by atoms with Gasteiger partial charge in [0.05, 0.1) is 9.95 Å². The summed E-state index contributed by atoms with van der Waals surface area (Å²) in [4.78, 5) is 14.1. The molecular formula is C16H15ClN4O3. The van der Waals surface area contributed by atoms with Gasteiger partial charge >= 0.3 is 0 Å². The van der Waals surface area contributed by atoms with Crippen molar-refractivity contribution in [3.8, 4) is 11.8 Å². The van der Waals surface area contributed by atoms with Gasteiger partial charge in [-0.1, -0.05) is 30.7 Å². The summed E-state index contributed by atoms with van der Waals surface area (Å²) >= 11 is 5.99. The molecule has 0 bridgehead atoms. The molecule has 0 saturated heterocycles. The lowest BCUT2D eigenvalue weighted by atomic mass is 10.2. The summed E-state index contributed by atoms with van der Waals surface area (Å²) in [5, 5.41) is 22.8. The maximum absolute atomic E-state index is 10.7. The van der Waals surface area contributed by atoms with E-state index in [-0.39, 0.29) is 10.7 Å². The largest absolute Gasteiger partial charge is 0.476 e. The van der Waals surface area contributed by atoms with Crippen molar-refractivity contribution in [2.45, 2.75) is 26.0 Å². The summed E-state index contributed by atoms with van der Waals surface area (Å²) in [6.45, 7) is 2.28. The Bertz CT molecular complexity index is 776. The number of halogens is 1. The molecule has 124 valence electrons. The van der Waals surface area contributed by atoms with Crippen molar-refractivity contribution in [2.75, 3.05) is 5.32 Å². The minimum Gasteiger partial charge on any atom is -0.476 e. The van der Waals surface area contributed by atoms with Crippen molar-refractivity contribution >= 4 is 23.1 Å². The van der Waals surface area contributed by atoms with Crippen LogP contribution < -0.4 is 10.1 Å². The highest BCUT2D eigenvalue weighted by Crippen LogP contribution is 2.24. The number of pyridine rings is 1. The standard InChI is InChI=1S/C16H15ClN4O3/c1-2-13(8-18)24-14-5-3-4-11(6-14)9-19-16-15(17)7-12(10-20-16)21(22)23/h3-7,10,13H,2,9H2,1H3,(H,19,20). The average Bonchev–Trinajstić information content (AvgIpc) is 2.58. The third-order valence-corrected chi connectivity index (χ3v) is 3.48. The molecule has 0 aliphatic heterocycles. The number of ether oxygens (including phenoxy) is 1. The fourth-order valence-electron chi connectivity index (χ4n) is 1.94. The molecule has 1 N–H and O–H groups in total. The quantitative estimate of drug-likeness (QED) is 0.602. The molecule has 0 aliphatic carbocycles. The van der Waals surface area contributed by atoms with E-state index in [1.54, 1.807) is 6.07 Å². The minimum atomic E-state index is -0.553. The van der Waals surface area contributed by atoms with Crippen LogP contribution >= 0.6 is 11.6 Å². The maximum atomic E-state index is 10.7. The zero-order valence-electron chi connectivity index (χ0n) is 12.9. The predicted molar refractivity (Wildman–Crippen MR) is 90.0 cm³/mol. The number of hydrogen-bond donors (Lipinski definition) is 1. The fourth-order valence-corrected chi connectivity index (χ4v) is 2.16. The molecule has 1 aromatic heterocycles. The average molecular weight is 347 g/mol. The van der Waals surface area contributed by atoms with Crippen molar-refractivity contribution in [1.82, 2.24) is 4.98 Å². The van der Waals surface area contributed by atoms with Gasteiger partial charge in [0.2, 0.25) is 0 Å². The Balaban J connectivity index is 2.04. The molecule has 2 aromatic rings. The SMILES string of the molecule is CCC(C#N)Oc1cccc(CNc2ncc([N+](=O)[O-])cc2Cl)c1. The van der Waals surface area contributed by atoms with E-state index in [4.69, 9.17) is 21.6 Å². The van der Waals surface area contributed by atoms with E-state index in [0.29, 0.717) is 24.5 Å². The molecule has 2 rings (SSSR count). The van der Waals surface area contributed by atoms with Crippen LogP contribution in [0.1, 0.15) is 18.9 Å². The lowest BCUT2D eigenvalue weighted by Gasteiger charge is -2.12. The first-order chi connectivity index (χ1) is 11.5. The number of benzene rings is 1. The Hall–Kier alpha value is -2.85. The van der Waals surface area contributed by atoms with Crippen molar-refractivity contribution < 1.29 is 9.66 Å². The number of anilines is 1. The van der Waals surface area contributed by atoms with E-state index in [1.165, 1.54) is 6.07 Å². The molecule has 0 aliphatic rings. The molecule has 0 amide bonds. The van der Waals surface area contributed by atoms with E-state index < -0.39 is 11.0 Å². The van der Waals surface area contributed by atoms with Crippen LogP contribution in [0.4, 0.5) is 11.5 Å². The Morgan fingerprint density at radius 1 is 1.50 bits per heavy atom. The van der Waals surface area contributed by atoms with Gasteiger partial charge in [-0.15, -0.1) is 0 Å². The summed E-state index contributed by atoms with van der Waals surface area (Å²) < 4.78 is 5.57. The Morgan fingerprint density at radius 3 is 2.92 bits per heavy atom. The van der Waals surface area contributed by atoms with E-state index in [2.05, 4.69) is 16.4 Å². The molecule has 8 heteroatoms. The van der Waals surface area contributed by atoms with Gasteiger partial charge in [-0.25, -0.2) is 4.98 Å². The van der Waals surface area contributed by atoms with Gasteiger partial charge in [0, 0.05) is 12.6 Å². The molecular weight excluding hydrogens is 332 g/mol. The van der Waals surface area contributed by atoms with Gasteiger partial charge in [0.25, 0.3) is 5.69 Å². The summed E-state index contributed by atoms with van der Waals surface area (Å²) in [5.41, 5.74) is 0.736. The summed E-state index contributed by atoms with van der Waals surface area (Å²) in [5.74, 6) is 0.961. The number of hydrogen-bond acceptors (Lipinski definition) is 6. The second-order valence-corrected chi connectivity index (χ2v) is 5.33. The van der Waals surface area contributed by atoms with Gasteiger partial charge < -0.3 is 10.1 Å². The highest BCUT2D eigenvalue weighted by molar-refractivity contribution is 6.33. The lowest BCUT2D eigenvalue weighted by molar-refractivity contribution is -0.385. The Labute approximate surface area is 144 Å². The van der Waals surface area contributed by atoms with Crippen LogP contribution in [-0.4, -0.2) is 16.0 Å². The van der Waals surface area contributed by atoms with Crippen molar-refractivity contribution in [3.63, 3.8) is 0 Å². The van der Waals surface area contributed by atoms with E-state index in [1.807, 2.05) is 25.1 Å². The molecule has 1 atom stereocenters. The van der Waals surface area contributed by atoms with Crippen LogP contribution in [0, 0.1) is 21.4 Å². The fraction of sp³-hybridized carbons (Fsp3) is 0.250. The number of nitrogens with one attached hydrogen (secondary N) is 1. The summed E-state index contributed by atoms with van der Waals surface area (Å²) in [6, 6.07) is 10.6. The molecule has 0 spiro atoms. The molecule has 0 saturated carbocycles. The number of rotatable bonds is 7. The van der Waals surface area contributed by atoms with Crippen molar-refractivity contribution in [2.24, 2.45) is 0 Å². The van der Waals surface area contributed by atoms with Gasteiger partial charge in [-0.3, -0.25) is 10.1 Å². The van der Waals surface area contributed by atoms with Crippen LogP contribution in [0.15, 0.2) is 36.5 Å². The van der Waals surface area contributed by atoms with Gasteiger partial charge in [0.1, 0.15) is 23.8 Å². The first-order valence-corrected chi connectivity index (χ1v) is 7.60. The van der Waals surface area contributed by atoms with E-state index >= 15 is 0 Å². The number of nitro groups is 1. The first kappa shape index (κ1) is 17.5. The first-order valence-electron chi connectivity index (χ1n) is 7.22. The number of aromatic nitrogens is 1. The van der Waals surface area contributed by atoms with E-state index in [0.717, 1.165) is 11.8 Å². The van der Waals surface area contributed by atoms with Gasteiger partial charge in [-0.05, 0) is 24.1 Å². The minimum absolute atomic E-state index is 0.164. The second-order valence-electron chi connectivity index (χ2n) is 4.93. The normalized spacial score (nSPS) is 11.4. The summed E-state index contributed by atoms with van der Waals surface area (Å²) in [7, 11) is 0. The molecule has 24 heavy (non-hydrogen) atoms. The van der Waals surface area contributed by atoms with Crippen LogP contribution in [0.5, 0.6) is 5.75 Å². The lowest BCUT2D eigenvalue weighted by Crippen LogP contribution is -2.12. The topological polar surface area (TPSA) is 101 Å². The smallest absolute Gasteiger partial charge is 0.289 e. The zero-order chi connectivity index (χ0) is 17.5. The van der Waals surface area contributed by atoms with Crippen LogP contribution in [-0.2, 0) is 6.54 Å². The molecule has 7 nitrogen and oxygen atoms in total. The monoisotopic (exact) mass is 346 g/mol. The second kappa shape index (κ2) is 8.13. The third kappa shape index (κ3) is 4.57. The highest BCUT2D eigenvalue weighted by Gasteiger charge is 2.11. The highest BCUT2D eigenvalue weighted by atomic mass is 35.5. The number of nitrogens with zero attached hydrogens (tertiary/aromatic N) is 3. The zero-order valence-corrected chi connectivity index (χ0v) is 13.7. The third-order valence-electron chi connectivity index (χ3n) is 3.19. The van der Waals surface area contributed by atoms with Gasteiger partial charge in [0.15, 0.2) is 6.10 Å². The Kier molecular flexibility index (Phi) is 5.93. The summed E-state index contributed by atoms with van der Waals surface area (Å²) in [6.07, 6.45) is 1.26. The van der Waals surface area contributed by atoms with Crippen molar-refractivity contribution in [1.29, 1.82) is 5.26 Å². The maximum Gasteiger partial charge on any atom is 0.289 e. The van der Waals surface area contributed by atoms with Crippen LogP contribution in [0.25, 0.3) is 0 Å². The molecule has 0 fully saturated rings. The predicted octanol–water partition coefficient (Wildman–Crippen LogP) is 3.94. The molecule has 1 unspecified atom stereocenters. The van der Waals surface area contributed by atoms with Gasteiger partial charge in [-0.2, -0.15) is 5.26 Å². The molecule has 1 heterocycles. The van der Waals surface area contributed by atoms with Crippen molar-refractivity contribution in [3.05, 3.63) is 57.2 Å². The number of nitriles is 1. The molecule has 1 aromatic carbocycles.